The highest BCUT2D eigenvalue weighted by molar-refractivity contribution is 5.81. The molecule has 1 aliphatic carbocycles. The van der Waals surface area contributed by atoms with E-state index in [1.165, 1.54) is 0 Å². The number of carbonyl (C=O) groups is 2. The lowest BCUT2D eigenvalue weighted by atomic mass is 10.0. The molecule has 138 valence electrons. The molecule has 2 N–H and O–H groups in total. The Morgan fingerprint density at radius 2 is 2.12 bits per heavy atom. The van der Waals surface area contributed by atoms with Gasteiger partial charge in [-0.25, -0.2) is 0 Å². The van der Waals surface area contributed by atoms with Gasteiger partial charge in [-0.15, -0.1) is 0 Å². The Morgan fingerprint density at radius 3 is 2.81 bits per heavy atom. The molecule has 1 aromatic carbocycles. The van der Waals surface area contributed by atoms with Crippen LogP contribution in [0.15, 0.2) is 28.8 Å². The molecule has 0 spiro atoms. The van der Waals surface area contributed by atoms with Crippen LogP contribution in [0.5, 0.6) is 5.75 Å². The molecule has 3 atom stereocenters. The molecule has 1 amide bonds. The molecule has 0 radical (unpaired) electrons. The first-order chi connectivity index (χ1) is 12.5. The van der Waals surface area contributed by atoms with Gasteiger partial charge < -0.3 is 19.7 Å². The zero-order chi connectivity index (χ0) is 18.7. The number of nitrogens with zero attached hydrogens (tertiary/aromatic N) is 2. The second-order valence-electron chi connectivity index (χ2n) is 6.46. The Labute approximate surface area is 150 Å². The third kappa shape index (κ3) is 3.84. The summed E-state index contributed by atoms with van der Waals surface area (Å²) in [6, 6.07) is 6.82. The summed E-state index contributed by atoms with van der Waals surface area (Å²) in [4.78, 5) is 27.7. The largest absolute Gasteiger partial charge is 0.497 e. The Hall–Kier alpha value is -2.90. The minimum absolute atomic E-state index is 0.178. The fraction of sp³-hybridized carbons (Fsp3) is 0.444. The summed E-state index contributed by atoms with van der Waals surface area (Å²) in [6.07, 6.45) is 1.48. The topological polar surface area (TPSA) is 115 Å². The lowest BCUT2D eigenvalue weighted by Crippen LogP contribution is -2.32. The predicted octanol–water partition coefficient (Wildman–Crippen LogP) is 2.42. The maximum atomic E-state index is 12.3. The van der Waals surface area contributed by atoms with Crippen LogP contribution in [0.25, 0.3) is 11.4 Å². The van der Waals surface area contributed by atoms with Crippen LogP contribution in [0.2, 0.25) is 0 Å². The lowest BCUT2D eigenvalue weighted by Gasteiger charge is -2.14. The monoisotopic (exact) mass is 359 g/mol. The number of ether oxygens (including phenoxy) is 1. The second kappa shape index (κ2) is 7.55. The van der Waals surface area contributed by atoms with Crippen LogP contribution in [0.3, 0.4) is 0 Å². The minimum atomic E-state index is -0.840. The van der Waals surface area contributed by atoms with E-state index in [2.05, 4.69) is 15.5 Å². The van der Waals surface area contributed by atoms with E-state index in [1.54, 1.807) is 20.1 Å². The van der Waals surface area contributed by atoms with Crippen LogP contribution in [-0.4, -0.2) is 34.2 Å². The van der Waals surface area contributed by atoms with Gasteiger partial charge in [-0.05, 0) is 38.3 Å². The van der Waals surface area contributed by atoms with E-state index in [9.17, 15) is 9.59 Å². The molecule has 1 saturated carbocycles. The fourth-order valence-electron chi connectivity index (χ4n) is 3.13. The number of benzene rings is 1. The van der Waals surface area contributed by atoms with Gasteiger partial charge in [0.15, 0.2) is 0 Å². The average molecular weight is 359 g/mol. The summed E-state index contributed by atoms with van der Waals surface area (Å²) >= 11 is 0. The normalized spacial score (nSPS) is 20.5. The van der Waals surface area contributed by atoms with E-state index in [-0.39, 0.29) is 11.8 Å². The molecule has 8 heteroatoms. The molecule has 0 aliphatic heterocycles. The predicted molar refractivity (Wildman–Crippen MR) is 91.3 cm³/mol. The highest BCUT2D eigenvalue weighted by Gasteiger charge is 2.34. The molecule has 0 saturated heterocycles. The average Bonchev–Trinajstić information content (AvgIpc) is 3.31. The Morgan fingerprint density at radius 1 is 1.35 bits per heavy atom. The second-order valence-corrected chi connectivity index (χ2v) is 6.46. The van der Waals surface area contributed by atoms with Crippen LogP contribution in [0.1, 0.15) is 38.1 Å². The lowest BCUT2D eigenvalue weighted by molar-refractivity contribution is -0.141. The molecular weight excluding hydrogens is 338 g/mol. The van der Waals surface area contributed by atoms with Crippen molar-refractivity contribution in [2.45, 2.75) is 32.2 Å². The molecule has 1 fully saturated rings. The maximum Gasteiger partial charge on any atom is 0.306 e. The first-order valence-corrected chi connectivity index (χ1v) is 8.49. The van der Waals surface area contributed by atoms with Gasteiger partial charge >= 0.3 is 5.97 Å². The Bertz CT molecular complexity index is 804. The smallest absolute Gasteiger partial charge is 0.306 e. The number of aromatic nitrogens is 2. The summed E-state index contributed by atoms with van der Waals surface area (Å²) in [5.41, 5.74) is 0.748. The van der Waals surface area contributed by atoms with E-state index < -0.39 is 17.9 Å². The zero-order valence-corrected chi connectivity index (χ0v) is 14.6. The van der Waals surface area contributed by atoms with E-state index in [0.29, 0.717) is 36.7 Å². The third-order valence-corrected chi connectivity index (χ3v) is 4.65. The Balaban J connectivity index is 1.64. The van der Waals surface area contributed by atoms with Crippen molar-refractivity contribution in [3.05, 3.63) is 30.2 Å². The number of aliphatic carboxylic acids is 1. The van der Waals surface area contributed by atoms with Crippen LogP contribution >= 0.6 is 0 Å². The van der Waals surface area contributed by atoms with Gasteiger partial charge in [-0.2, -0.15) is 4.98 Å². The van der Waals surface area contributed by atoms with E-state index >= 15 is 0 Å². The van der Waals surface area contributed by atoms with Gasteiger partial charge in [0, 0.05) is 11.5 Å². The number of carbonyl (C=O) groups excluding carboxylic acids is 1. The molecule has 1 aromatic heterocycles. The van der Waals surface area contributed by atoms with E-state index in [0.717, 1.165) is 5.56 Å². The van der Waals surface area contributed by atoms with Gasteiger partial charge in [0.25, 0.3) is 0 Å². The number of carboxylic acids is 1. The standard InChI is InChI=1S/C18H21N3O5/c1-10(19-16(22)12-6-7-13(8-12)18(23)24)17-20-15(21-26-17)11-4-3-5-14(9-11)25-2/h3-5,9-10,12-13H,6-8H2,1-2H3,(H,19,22)(H,23,24)/t10?,12-,13+/m1/s1. The molecule has 1 aliphatic rings. The Kier molecular flexibility index (Phi) is 5.20. The minimum Gasteiger partial charge on any atom is -0.497 e. The van der Waals surface area contributed by atoms with Gasteiger partial charge in [0.05, 0.1) is 13.0 Å². The van der Waals surface area contributed by atoms with Crippen LogP contribution < -0.4 is 10.1 Å². The zero-order valence-electron chi connectivity index (χ0n) is 14.6. The third-order valence-electron chi connectivity index (χ3n) is 4.65. The SMILES string of the molecule is COc1cccc(-c2noc(C(C)NC(=O)[C@@H]3CC[C@H](C(=O)O)C3)n2)c1. The van der Waals surface area contributed by atoms with Crippen molar-refractivity contribution < 1.29 is 24.0 Å². The van der Waals surface area contributed by atoms with Gasteiger partial charge in [-0.3, -0.25) is 9.59 Å². The quantitative estimate of drug-likeness (QED) is 0.814. The van der Waals surface area contributed by atoms with Crippen molar-refractivity contribution in [3.63, 3.8) is 0 Å². The van der Waals surface area contributed by atoms with E-state index in [4.69, 9.17) is 14.4 Å². The summed E-state index contributed by atoms with van der Waals surface area (Å²) in [7, 11) is 1.58. The molecule has 8 nitrogen and oxygen atoms in total. The van der Waals surface area contributed by atoms with Crippen LogP contribution in [0.4, 0.5) is 0 Å². The molecule has 0 bridgehead atoms. The fourth-order valence-corrected chi connectivity index (χ4v) is 3.13. The first kappa shape index (κ1) is 17.9. The van der Waals surface area contributed by atoms with Crippen LogP contribution in [-0.2, 0) is 9.59 Å². The number of carboxylic acid groups (broad SMARTS) is 1. The number of hydrogen-bond donors (Lipinski definition) is 2. The maximum absolute atomic E-state index is 12.3. The summed E-state index contributed by atoms with van der Waals surface area (Å²) in [5.74, 6) is -0.362. The van der Waals surface area contributed by atoms with Crippen molar-refractivity contribution in [2.75, 3.05) is 7.11 Å². The highest BCUT2D eigenvalue weighted by Crippen LogP contribution is 2.31. The number of amides is 1. The molecule has 26 heavy (non-hydrogen) atoms. The number of hydrogen-bond acceptors (Lipinski definition) is 6. The molecule has 1 heterocycles. The molecular formula is C18H21N3O5. The van der Waals surface area contributed by atoms with Crippen molar-refractivity contribution in [1.29, 1.82) is 0 Å². The van der Waals surface area contributed by atoms with E-state index in [1.807, 2.05) is 18.2 Å². The number of methoxy groups -OCH3 is 1. The van der Waals surface area contributed by atoms with Crippen LogP contribution in [0, 0.1) is 11.8 Å². The summed E-state index contributed by atoms with van der Waals surface area (Å²) in [6.45, 7) is 1.75. The van der Waals surface area contributed by atoms with Gasteiger partial charge in [0.2, 0.25) is 17.6 Å². The molecule has 1 unspecified atom stereocenters. The highest BCUT2D eigenvalue weighted by atomic mass is 16.5. The molecule has 3 rings (SSSR count). The molecule has 2 aromatic rings. The number of rotatable bonds is 6. The summed E-state index contributed by atoms with van der Waals surface area (Å²) in [5, 5.41) is 15.8. The van der Waals surface area contributed by atoms with Gasteiger partial charge in [-0.1, -0.05) is 17.3 Å². The summed E-state index contributed by atoms with van der Waals surface area (Å²) < 4.78 is 10.4. The van der Waals surface area contributed by atoms with Crippen molar-refractivity contribution >= 4 is 11.9 Å². The first-order valence-electron chi connectivity index (χ1n) is 8.49. The van der Waals surface area contributed by atoms with Crippen molar-refractivity contribution in [3.8, 4) is 17.1 Å². The van der Waals surface area contributed by atoms with Crippen molar-refractivity contribution in [2.24, 2.45) is 11.8 Å². The van der Waals surface area contributed by atoms with Gasteiger partial charge in [0.1, 0.15) is 11.8 Å². The number of nitrogens with one attached hydrogen (secondary N) is 1. The van der Waals surface area contributed by atoms with Crippen molar-refractivity contribution in [1.82, 2.24) is 15.5 Å².